The van der Waals surface area contributed by atoms with Crippen LogP contribution in [0.1, 0.15) is 18.7 Å². The van der Waals surface area contributed by atoms with E-state index in [1.165, 1.54) is 4.68 Å². The summed E-state index contributed by atoms with van der Waals surface area (Å²) in [7, 11) is 0. The normalized spacial score (nSPS) is 14.4. The number of amides is 1. The van der Waals surface area contributed by atoms with Crippen LogP contribution in [-0.4, -0.2) is 38.5 Å². The van der Waals surface area contributed by atoms with Crippen LogP contribution in [0.2, 0.25) is 0 Å². The number of fused-ring (bicyclic) bond motifs is 1. The van der Waals surface area contributed by atoms with Gasteiger partial charge in [0, 0.05) is 19.5 Å². The van der Waals surface area contributed by atoms with Gasteiger partial charge in [-0.2, -0.15) is 5.10 Å². The van der Waals surface area contributed by atoms with Crippen LogP contribution in [0, 0.1) is 0 Å². The third kappa shape index (κ3) is 2.55. The van der Waals surface area contributed by atoms with Gasteiger partial charge in [-0.1, -0.05) is 0 Å². The van der Waals surface area contributed by atoms with E-state index in [1.54, 1.807) is 4.57 Å². The second-order valence-electron chi connectivity index (χ2n) is 4.04. The number of carbonyl (C=O) groups excluding carboxylic acids is 1. The maximum Gasteiger partial charge on any atom is 0.346 e. The third-order valence-electron chi connectivity index (χ3n) is 2.76. The zero-order valence-electron chi connectivity index (χ0n) is 9.56. The zero-order valence-corrected chi connectivity index (χ0v) is 9.56. The molecule has 2 N–H and O–H groups in total. The highest BCUT2D eigenvalue weighted by Crippen LogP contribution is 2.08. The minimum atomic E-state index is -0.309. The summed E-state index contributed by atoms with van der Waals surface area (Å²) in [5.41, 5.74) is -0.223. The number of aryl methyl sites for hydroxylation is 1. The first-order valence-corrected chi connectivity index (χ1v) is 5.76. The number of hydrogen-bond acceptors (Lipinski definition) is 4. The standard InChI is InChI=1S/C10H16N4O3/c15-6-4-11-9(16)7-14-10(17)13-5-2-1-3-8(13)12-14/h15H,1-7H2,(H,11,16). The number of rotatable bonds is 4. The predicted molar refractivity (Wildman–Crippen MR) is 59.5 cm³/mol. The second kappa shape index (κ2) is 5.13. The average molecular weight is 240 g/mol. The first-order valence-electron chi connectivity index (χ1n) is 5.76. The molecule has 7 nitrogen and oxygen atoms in total. The summed E-state index contributed by atoms with van der Waals surface area (Å²) in [4.78, 5) is 23.3. The Bertz CT molecular complexity index is 463. The van der Waals surface area contributed by atoms with Crippen molar-refractivity contribution in [3.63, 3.8) is 0 Å². The number of carbonyl (C=O) groups is 1. The predicted octanol–water partition coefficient (Wildman–Crippen LogP) is -1.51. The molecule has 1 aliphatic heterocycles. The molecule has 0 atom stereocenters. The van der Waals surface area contributed by atoms with Crippen LogP contribution in [0.5, 0.6) is 0 Å². The lowest BCUT2D eigenvalue weighted by atomic mass is 10.2. The van der Waals surface area contributed by atoms with Crippen molar-refractivity contribution in [1.29, 1.82) is 0 Å². The van der Waals surface area contributed by atoms with Crippen molar-refractivity contribution in [3.05, 3.63) is 16.3 Å². The van der Waals surface area contributed by atoms with Crippen LogP contribution in [0.4, 0.5) is 0 Å². The minimum absolute atomic E-state index is 0.0845. The minimum Gasteiger partial charge on any atom is -0.395 e. The van der Waals surface area contributed by atoms with E-state index < -0.39 is 0 Å². The molecule has 0 saturated carbocycles. The molecule has 17 heavy (non-hydrogen) atoms. The number of aliphatic hydroxyl groups excluding tert-OH is 1. The quantitative estimate of drug-likeness (QED) is 0.669. The van der Waals surface area contributed by atoms with Crippen LogP contribution in [0.15, 0.2) is 4.79 Å². The van der Waals surface area contributed by atoms with Crippen molar-refractivity contribution in [1.82, 2.24) is 19.7 Å². The molecule has 2 rings (SSSR count). The molecule has 0 radical (unpaired) electrons. The third-order valence-corrected chi connectivity index (χ3v) is 2.76. The molecule has 0 unspecified atom stereocenters. The Labute approximate surface area is 98.0 Å². The van der Waals surface area contributed by atoms with E-state index in [9.17, 15) is 9.59 Å². The number of aliphatic hydroxyl groups is 1. The van der Waals surface area contributed by atoms with E-state index in [1.807, 2.05) is 0 Å². The van der Waals surface area contributed by atoms with E-state index in [0.29, 0.717) is 6.54 Å². The molecule has 0 bridgehead atoms. The van der Waals surface area contributed by atoms with E-state index in [-0.39, 0.29) is 31.3 Å². The molecule has 1 amide bonds. The van der Waals surface area contributed by atoms with Crippen LogP contribution in [-0.2, 0) is 24.3 Å². The number of nitrogens with one attached hydrogen (secondary N) is 1. The fourth-order valence-electron chi connectivity index (χ4n) is 1.94. The molecule has 0 fully saturated rings. The molecule has 0 aliphatic carbocycles. The van der Waals surface area contributed by atoms with Gasteiger partial charge < -0.3 is 10.4 Å². The summed E-state index contributed by atoms with van der Waals surface area (Å²) in [6.45, 7) is 0.687. The number of aromatic nitrogens is 3. The molecular weight excluding hydrogens is 224 g/mol. The van der Waals surface area contributed by atoms with Gasteiger partial charge >= 0.3 is 5.69 Å². The summed E-state index contributed by atoms with van der Waals surface area (Å²) in [6, 6.07) is 0. The lowest BCUT2D eigenvalue weighted by Crippen LogP contribution is -2.35. The van der Waals surface area contributed by atoms with Crippen molar-refractivity contribution in [2.75, 3.05) is 13.2 Å². The number of hydrogen-bond donors (Lipinski definition) is 2. The maximum absolute atomic E-state index is 11.9. The summed E-state index contributed by atoms with van der Waals surface area (Å²) >= 11 is 0. The van der Waals surface area contributed by atoms with Crippen molar-refractivity contribution >= 4 is 5.91 Å². The second-order valence-corrected chi connectivity index (χ2v) is 4.04. The average Bonchev–Trinajstić information content (AvgIpc) is 2.64. The van der Waals surface area contributed by atoms with E-state index in [4.69, 9.17) is 5.11 Å². The SMILES string of the molecule is O=C(Cn1nc2n(c1=O)CCCC2)NCCO. The van der Waals surface area contributed by atoms with Gasteiger partial charge in [-0.15, -0.1) is 0 Å². The molecule has 0 spiro atoms. The molecule has 0 saturated heterocycles. The molecular formula is C10H16N4O3. The van der Waals surface area contributed by atoms with Crippen LogP contribution < -0.4 is 11.0 Å². The monoisotopic (exact) mass is 240 g/mol. The first kappa shape index (κ1) is 11.8. The largest absolute Gasteiger partial charge is 0.395 e. The Morgan fingerprint density at radius 2 is 2.29 bits per heavy atom. The Kier molecular flexibility index (Phi) is 3.58. The highest BCUT2D eigenvalue weighted by Gasteiger charge is 2.17. The smallest absolute Gasteiger partial charge is 0.346 e. The van der Waals surface area contributed by atoms with Gasteiger partial charge in [0.05, 0.1) is 6.61 Å². The summed E-state index contributed by atoms with van der Waals surface area (Å²) in [5, 5.41) is 15.2. The van der Waals surface area contributed by atoms with Crippen LogP contribution >= 0.6 is 0 Å². The van der Waals surface area contributed by atoms with E-state index >= 15 is 0 Å². The Morgan fingerprint density at radius 1 is 1.47 bits per heavy atom. The Hall–Kier alpha value is -1.63. The Balaban J connectivity index is 2.09. The van der Waals surface area contributed by atoms with Gasteiger partial charge in [-0.3, -0.25) is 9.36 Å². The molecule has 1 aromatic rings. The maximum atomic E-state index is 11.9. The first-order chi connectivity index (χ1) is 8.22. The molecule has 94 valence electrons. The van der Waals surface area contributed by atoms with Gasteiger partial charge in [0.15, 0.2) is 0 Å². The zero-order chi connectivity index (χ0) is 12.3. The molecule has 0 aromatic carbocycles. The fourth-order valence-corrected chi connectivity index (χ4v) is 1.94. The van der Waals surface area contributed by atoms with Gasteiger partial charge in [0.25, 0.3) is 0 Å². The van der Waals surface area contributed by atoms with Crippen LogP contribution in [0.25, 0.3) is 0 Å². The van der Waals surface area contributed by atoms with Crippen molar-refractivity contribution in [2.45, 2.75) is 32.4 Å². The van der Waals surface area contributed by atoms with Crippen molar-refractivity contribution in [2.24, 2.45) is 0 Å². The van der Waals surface area contributed by atoms with Gasteiger partial charge in [0.1, 0.15) is 12.4 Å². The highest BCUT2D eigenvalue weighted by molar-refractivity contribution is 5.75. The van der Waals surface area contributed by atoms with Gasteiger partial charge in [-0.25, -0.2) is 9.48 Å². The number of nitrogens with zero attached hydrogens (tertiary/aromatic N) is 3. The van der Waals surface area contributed by atoms with Gasteiger partial charge in [0.2, 0.25) is 5.91 Å². The lowest BCUT2D eigenvalue weighted by molar-refractivity contribution is -0.122. The summed E-state index contributed by atoms with van der Waals surface area (Å²) < 4.78 is 2.82. The van der Waals surface area contributed by atoms with Crippen molar-refractivity contribution in [3.8, 4) is 0 Å². The summed E-state index contributed by atoms with van der Waals surface area (Å²) in [5.74, 6) is 0.452. The molecule has 1 aromatic heterocycles. The van der Waals surface area contributed by atoms with E-state index in [0.717, 1.165) is 25.1 Å². The fraction of sp³-hybridized carbons (Fsp3) is 0.700. The lowest BCUT2D eigenvalue weighted by Gasteiger charge is -2.09. The Morgan fingerprint density at radius 3 is 3.00 bits per heavy atom. The van der Waals surface area contributed by atoms with Gasteiger partial charge in [-0.05, 0) is 12.8 Å². The topological polar surface area (TPSA) is 89.2 Å². The van der Waals surface area contributed by atoms with Crippen molar-refractivity contribution < 1.29 is 9.90 Å². The molecule has 2 heterocycles. The summed E-state index contributed by atoms with van der Waals surface area (Å²) in [6.07, 6.45) is 2.81. The van der Waals surface area contributed by atoms with Crippen LogP contribution in [0.3, 0.4) is 0 Å². The molecule has 1 aliphatic rings. The highest BCUT2D eigenvalue weighted by atomic mass is 16.3. The van der Waals surface area contributed by atoms with E-state index in [2.05, 4.69) is 10.4 Å². The molecule has 7 heteroatoms.